The number of rotatable bonds is 4. The molecule has 5 heteroatoms. The van der Waals surface area contributed by atoms with Crippen molar-refractivity contribution in [3.63, 3.8) is 0 Å². The van der Waals surface area contributed by atoms with Crippen molar-refractivity contribution >= 4 is 38.9 Å². The van der Waals surface area contributed by atoms with E-state index in [2.05, 4.69) is 26.6 Å². The summed E-state index contributed by atoms with van der Waals surface area (Å²) in [6.07, 6.45) is 0. The maximum Gasteiger partial charge on any atom is 0.170 e. The number of halogens is 1. The Morgan fingerprint density at radius 2 is 2.25 bits per heavy atom. The lowest BCUT2D eigenvalue weighted by atomic mass is 10.2. The van der Waals surface area contributed by atoms with E-state index in [4.69, 9.17) is 17.0 Å². The van der Waals surface area contributed by atoms with E-state index in [0.717, 1.165) is 10.2 Å². The first-order valence-electron chi connectivity index (χ1n) is 4.93. The maximum absolute atomic E-state index is 5.14. The van der Waals surface area contributed by atoms with Crippen molar-refractivity contribution in [3.05, 3.63) is 28.2 Å². The third-order valence-electron chi connectivity index (χ3n) is 2.01. The van der Waals surface area contributed by atoms with Crippen molar-refractivity contribution in [3.8, 4) is 0 Å². The maximum atomic E-state index is 5.14. The van der Waals surface area contributed by atoms with Crippen molar-refractivity contribution in [2.75, 3.05) is 25.6 Å². The van der Waals surface area contributed by atoms with E-state index >= 15 is 0 Å². The number of methoxy groups -OCH3 is 1. The van der Waals surface area contributed by atoms with Crippen LogP contribution in [0.5, 0.6) is 0 Å². The molecular formula is C11H15BrN2OS. The largest absolute Gasteiger partial charge is 0.383 e. The van der Waals surface area contributed by atoms with Gasteiger partial charge in [-0.05, 0) is 42.9 Å². The Balaban J connectivity index is 2.46. The molecule has 0 radical (unpaired) electrons. The van der Waals surface area contributed by atoms with Gasteiger partial charge in [-0.3, -0.25) is 0 Å². The SMILES string of the molecule is COCCNC(=S)Nc1ccc(Br)c(C)c1. The average Bonchev–Trinajstić information content (AvgIpc) is 2.24. The monoisotopic (exact) mass is 302 g/mol. The fourth-order valence-corrected chi connectivity index (χ4v) is 1.63. The zero-order valence-corrected chi connectivity index (χ0v) is 11.7. The molecule has 0 spiro atoms. The first-order chi connectivity index (χ1) is 7.63. The number of nitrogens with one attached hydrogen (secondary N) is 2. The summed E-state index contributed by atoms with van der Waals surface area (Å²) in [5.74, 6) is 0. The predicted molar refractivity (Wildman–Crippen MR) is 75.0 cm³/mol. The van der Waals surface area contributed by atoms with Gasteiger partial charge in [-0.15, -0.1) is 0 Å². The van der Waals surface area contributed by atoms with Crippen molar-refractivity contribution in [1.82, 2.24) is 5.32 Å². The van der Waals surface area contributed by atoms with Crippen LogP contribution in [-0.4, -0.2) is 25.4 Å². The number of benzene rings is 1. The highest BCUT2D eigenvalue weighted by Gasteiger charge is 1.99. The third kappa shape index (κ3) is 4.47. The second-order valence-electron chi connectivity index (χ2n) is 3.34. The second-order valence-corrected chi connectivity index (χ2v) is 4.60. The minimum Gasteiger partial charge on any atom is -0.383 e. The van der Waals surface area contributed by atoms with Crippen molar-refractivity contribution in [2.45, 2.75) is 6.92 Å². The van der Waals surface area contributed by atoms with E-state index in [1.807, 2.05) is 25.1 Å². The summed E-state index contributed by atoms with van der Waals surface area (Å²) in [7, 11) is 1.66. The first-order valence-corrected chi connectivity index (χ1v) is 6.13. The summed E-state index contributed by atoms with van der Waals surface area (Å²) in [4.78, 5) is 0. The molecule has 0 unspecified atom stereocenters. The summed E-state index contributed by atoms with van der Waals surface area (Å²) in [5, 5.41) is 6.77. The number of hydrogen-bond acceptors (Lipinski definition) is 2. The lowest BCUT2D eigenvalue weighted by Crippen LogP contribution is -2.31. The topological polar surface area (TPSA) is 33.3 Å². The van der Waals surface area contributed by atoms with Crippen LogP contribution in [0.4, 0.5) is 5.69 Å². The molecule has 0 amide bonds. The summed E-state index contributed by atoms with van der Waals surface area (Å²) < 4.78 is 6.01. The highest BCUT2D eigenvalue weighted by Crippen LogP contribution is 2.19. The van der Waals surface area contributed by atoms with Gasteiger partial charge in [0.15, 0.2) is 5.11 Å². The Labute approximate surface area is 110 Å². The zero-order valence-electron chi connectivity index (χ0n) is 9.34. The molecule has 0 bridgehead atoms. The predicted octanol–water partition coefficient (Wildman–Crippen LogP) is 2.69. The molecule has 1 rings (SSSR count). The normalized spacial score (nSPS) is 9.94. The lowest BCUT2D eigenvalue weighted by molar-refractivity contribution is 0.204. The van der Waals surface area contributed by atoms with Gasteiger partial charge < -0.3 is 15.4 Å². The Hall–Kier alpha value is -0.650. The standard InChI is InChI=1S/C11H15BrN2OS/c1-8-7-9(3-4-10(8)12)14-11(16)13-5-6-15-2/h3-4,7H,5-6H2,1-2H3,(H2,13,14,16). The molecule has 3 nitrogen and oxygen atoms in total. The highest BCUT2D eigenvalue weighted by atomic mass is 79.9. The van der Waals surface area contributed by atoms with Crippen LogP contribution in [0.1, 0.15) is 5.56 Å². The van der Waals surface area contributed by atoms with Crippen LogP contribution in [-0.2, 0) is 4.74 Å². The Bertz CT molecular complexity index is 371. The van der Waals surface area contributed by atoms with E-state index in [1.54, 1.807) is 7.11 Å². The zero-order chi connectivity index (χ0) is 12.0. The Morgan fingerprint density at radius 1 is 1.50 bits per heavy atom. The molecule has 0 heterocycles. The van der Waals surface area contributed by atoms with Crippen LogP contribution in [0.25, 0.3) is 0 Å². The summed E-state index contributed by atoms with van der Waals surface area (Å²) in [6.45, 7) is 3.38. The summed E-state index contributed by atoms with van der Waals surface area (Å²) >= 11 is 8.59. The Kier molecular flexibility index (Phi) is 5.73. The van der Waals surface area contributed by atoms with Crippen LogP contribution in [0.2, 0.25) is 0 Å². The number of ether oxygens (including phenoxy) is 1. The fourth-order valence-electron chi connectivity index (χ4n) is 1.16. The molecule has 0 aliphatic carbocycles. The van der Waals surface area contributed by atoms with E-state index in [-0.39, 0.29) is 0 Å². The molecular weight excluding hydrogens is 288 g/mol. The van der Waals surface area contributed by atoms with Crippen LogP contribution in [0.15, 0.2) is 22.7 Å². The second kappa shape index (κ2) is 6.83. The minimum absolute atomic E-state index is 0.610. The van der Waals surface area contributed by atoms with Crippen LogP contribution < -0.4 is 10.6 Å². The first kappa shape index (κ1) is 13.4. The van der Waals surface area contributed by atoms with E-state index in [9.17, 15) is 0 Å². The van der Waals surface area contributed by atoms with Crippen molar-refractivity contribution in [2.24, 2.45) is 0 Å². The van der Waals surface area contributed by atoms with E-state index in [1.165, 1.54) is 5.56 Å². The van der Waals surface area contributed by atoms with Crippen LogP contribution in [0, 0.1) is 6.92 Å². The smallest absolute Gasteiger partial charge is 0.170 e. The van der Waals surface area contributed by atoms with Crippen molar-refractivity contribution in [1.29, 1.82) is 0 Å². The molecule has 88 valence electrons. The Morgan fingerprint density at radius 3 is 2.88 bits per heavy atom. The molecule has 0 aromatic heterocycles. The average molecular weight is 303 g/mol. The van der Waals surface area contributed by atoms with Gasteiger partial charge >= 0.3 is 0 Å². The molecule has 1 aromatic carbocycles. The van der Waals surface area contributed by atoms with E-state index < -0.39 is 0 Å². The fraction of sp³-hybridized carbons (Fsp3) is 0.364. The van der Waals surface area contributed by atoms with Gasteiger partial charge in [0.25, 0.3) is 0 Å². The van der Waals surface area contributed by atoms with E-state index in [0.29, 0.717) is 18.3 Å². The molecule has 0 saturated carbocycles. The van der Waals surface area contributed by atoms with Gasteiger partial charge in [0.05, 0.1) is 6.61 Å². The van der Waals surface area contributed by atoms with Gasteiger partial charge in [0.2, 0.25) is 0 Å². The number of hydrogen-bond donors (Lipinski definition) is 2. The quantitative estimate of drug-likeness (QED) is 0.662. The van der Waals surface area contributed by atoms with Gasteiger partial charge in [0, 0.05) is 23.8 Å². The third-order valence-corrected chi connectivity index (χ3v) is 3.14. The van der Waals surface area contributed by atoms with Crippen molar-refractivity contribution < 1.29 is 4.74 Å². The van der Waals surface area contributed by atoms with Gasteiger partial charge in [-0.25, -0.2) is 0 Å². The molecule has 1 aromatic rings. The lowest BCUT2D eigenvalue weighted by Gasteiger charge is -2.11. The molecule has 0 saturated heterocycles. The van der Waals surface area contributed by atoms with Gasteiger partial charge in [0.1, 0.15) is 0 Å². The molecule has 0 aliphatic rings. The van der Waals surface area contributed by atoms with Gasteiger partial charge in [-0.1, -0.05) is 15.9 Å². The molecule has 0 fully saturated rings. The number of aryl methyl sites for hydroxylation is 1. The molecule has 16 heavy (non-hydrogen) atoms. The summed E-state index contributed by atoms with van der Waals surface area (Å²) in [6, 6.07) is 6.01. The molecule has 2 N–H and O–H groups in total. The highest BCUT2D eigenvalue weighted by molar-refractivity contribution is 9.10. The van der Waals surface area contributed by atoms with Gasteiger partial charge in [-0.2, -0.15) is 0 Å². The molecule has 0 atom stereocenters. The number of thiocarbonyl (C=S) groups is 1. The summed E-state index contributed by atoms with van der Waals surface area (Å²) in [5.41, 5.74) is 2.15. The van der Waals surface area contributed by atoms with Crippen LogP contribution in [0.3, 0.4) is 0 Å². The van der Waals surface area contributed by atoms with Crippen LogP contribution >= 0.6 is 28.1 Å². The molecule has 0 aliphatic heterocycles. The number of anilines is 1. The minimum atomic E-state index is 0.610.